The molecule has 3 atom stereocenters. The maximum absolute atomic E-state index is 15.1. The van der Waals surface area contributed by atoms with Crippen LogP contribution in [0.3, 0.4) is 0 Å². The maximum atomic E-state index is 15.1. The molecule has 30 heavy (non-hydrogen) atoms. The summed E-state index contributed by atoms with van der Waals surface area (Å²) in [5.41, 5.74) is 5.79. The van der Waals surface area contributed by atoms with E-state index in [1.165, 1.54) is 0 Å². The molecule has 0 radical (unpaired) electrons. The highest BCUT2D eigenvalue weighted by molar-refractivity contribution is 5.90. The molecule has 156 valence electrons. The summed E-state index contributed by atoms with van der Waals surface area (Å²) in [7, 11) is 0. The van der Waals surface area contributed by atoms with Crippen LogP contribution in [0.25, 0.3) is 10.8 Å². The second-order valence-electron chi connectivity index (χ2n) is 7.79. The zero-order valence-electron chi connectivity index (χ0n) is 16.1. The fraction of sp³-hybridized carbons (Fsp3) is 0.304. The SMILES string of the molecule is NC1Cc2ccc3ccccc3c2OC1(c1cc(F)c(F)cc1F)C1CNCCO1. The quantitative estimate of drug-likeness (QED) is 0.631. The number of hydrogen-bond acceptors (Lipinski definition) is 4. The van der Waals surface area contributed by atoms with Gasteiger partial charge < -0.3 is 20.5 Å². The third-order valence-corrected chi connectivity index (χ3v) is 6.06. The van der Waals surface area contributed by atoms with Gasteiger partial charge in [-0.1, -0.05) is 36.4 Å². The van der Waals surface area contributed by atoms with Crippen molar-refractivity contribution >= 4 is 10.8 Å². The summed E-state index contributed by atoms with van der Waals surface area (Å²) in [5, 5.41) is 5.00. The van der Waals surface area contributed by atoms with Crippen LogP contribution in [0.5, 0.6) is 5.75 Å². The third-order valence-electron chi connectivity index (χ3n) is 6.06. The molecule has 2 aliphatic heterocycles. The molecule has 5 rings (SSSR count). The Balaban J connectivity index is 1.75. The number of ether oxygens (including phenoxy) is 2. The van der Waals surface area contributed by atoms with E-state index in [-0.39, 0.29) is 5.56 Å². The number of rotatable bonds is 2. The molecule has 2 aliphatic rings. The predicted molar refractivity (Wildman–Crippen MR) is 107 cm³/mol. The molecule has 0 aromatic heterocycles. The van der Waals surface area contributed by atoms with Crippen LogP contribution in [0.1, 0.15) is 11.1 Å². The molecule has 0 bridgehead atoms. The first-order valence-electron chi connectivity index (χ1n) is 9.93. The van der Waals surface area contributed by atoms with Gasteiger partial charge in [0, 0.05) is 30.1 Å². The van der Waals surface area contributed by atoms with Gasteiger partial charge in [0.25, 0.3) is 0 Å². The smallest absolute Gasteiger partial charge is 0.179 e. The van der Waals surface area contributed by atoms with Gasteiger partial charge >= 0.3 is 0 Å². The Morgan fingerprint density at radius 3 is 2.60 bits per heavy atom. The number of halogens is 3. The number of nitrogens with one attached hydrogen (secondary N) is 1. The minimum atomic E-state index is -1.52. The van der Waals surface area contributed by atoms with E-state index >= 15 is 4.39 Å². The fourth-order valence-electron chi connectivity index (χ4n) is 4.60. The van der Waals surface area contributed by atoms with E-state index in [0.29, 0.717) is 37.9 Å². The molecule has 3 unspecified atom stereocenters. The van der Waals surface area contributed by atoms with Crippen LogP contribution >= 0.6 is 0 Å². The zero-order valence-corrected chi connectivity index (χ0v) is 16.1. The van der Waals surface area contributed by atoms with Gasteiger partial charge in [-0.05, 0) is 23.4 Å². The van der Waals surface area contributed by atoms with Gasteiger partial charge in [0.2, 0.25) is 0 Å². The van der Waals surface area contributed by atoms with Crippen molar-refractivity contribution in [1.29, 1.82) is 0 Å². The van der Waals surface area contributed by atoms with Gasteiger partial charge in [-0.25, -0.2) is 13.2 Å². The largest absolute Gasteiger partial charge is 0.477 e. The average Bonchev–Trinajstić information content (AvgIpc) is 2.76. The molecule has 3 aromatic rings. The fourth-order valence-corrected chi connectivity index (χ4v) is 4.60. The Kier molecular flexibility index (Phi) is 4.69. The minimum Gasteiger partial charge on any atom is -0.477 e. The van der Waals surface area contributed by atoms with Crippen LogP contribution in [-0.2, 0) is 16.8 Å². The Morgan fingerprint density at radius 2 is 1.80 bits per heavy atom. The van der Waals surface area contributed by atoms with Crippen molar-refractivity contribution in [2.45, 2.75) is 24.2 Å². The molecule has 7 heteroatoms. The Bertz CT molecular complexity index is 1120. The van der Waals surface area contributed by atoms with Gasteiger partial charge in [-0.15, -0.1) is 0 Å². The lowest BCUT2D eigenvalue weighted by atomic mass is 9.75. The average molecular weight is 414 g/mol. The molecule has 1 fully saturated rings. The molecule has 0 saturated carbocycles. The summed E-state index contributed by atoms with van der Waals surface area (Å²) in [4.78, 5) is 0. The van der Waals surface area contributed by atoms with Crippen LogP contribution in [-0.4, -0.2) is 31.8 Å². The Labute approximate surface area is 171 Å². The second kappa shape index (κ2) is 7.27. The van der Waals surface area contributed by atoms with Crippen molar-refractivity contribution in [3.05, 3.63) is 77.1 Å². The van der Waals surface area contributed by atoms with Crippen molar-refractivity contribution < 1.29 is 22.6 Å². The lowest BCUT2D eigenvalue weighted by Crippen LogP contribution is -2.65. The molecule has 3 aromatic carbocycles. The molecule has 1 saturated heterocycles. The second-order valence-corrected chi connectivity index (χ2v) is 7.79. The van der Waals surface area contributed by atoms with Crippen molar-refractivity contribution in [2.24, 2.45) is 5.73 Å². The molecule has 0 aliphatic carbocycles. The third kappa shape index (κ3) is 2.88. The minimum absolute atomic E-state index is 0.138. The number of morpholine rings is 1. The molecule has 0 amide bonds. The van der Waals surface area contributed by atoms with Crippen molar-refractivity contribution in [3.63, 3.8) is 0 Å². The van der Waals surface area contributed by atoms with E-state index in [4.69, 9.17) is 15.2 Å². The van der Waals surface area contributed by atoms with E-state index in [1.54, 1.807) is 0 Å². The summed E-state index contributed by atoms with van der Waals surface area (Å²) in [6.07, 6.45) is -0.314. The van der Waals surface area contributed by atoms with Crippen molar-refractivity contribution in [2.75, 3.05) is 19.7 Å². The number of benzene rings is 3. The molecule has 2 heterocycles. The first kappa shape index (κ1) is 19.4. The normalized spacial score (nSPS) is 26.3. The van der Waals surface area contributed by atoms with E-state index in [2.05, 4.69) is 5.32 Å². The summed E-state index contributed by atoms with van der Waals surface area (Å²) in [6.45, 7) is 1.34. The molecular formula is C23H21F3N2O2. The van der Waals surface area contributed by atoms with E-state index < -0.39 is 35.2 Å². The van der Waals surface area contributed by atoms with Gasteiger partial charge in [0.05, 0.1) is 12.6 Å². The topological polar surface area (TPSA) is 56.5 Å². The lowest BCUT2D eigenvalue weighted by molar-refractivity contribution is -0.128. The highest BCUT2D eigenvalue weighted by Crippen LogP contribution is 2.46. The summed E-state index contributed by atoms with van der Waals surface area (Å²) >= 11 is 0. The van der Waals surface area contributed by atoms with Gasteiger partial charge in [-0.2, -0.15) is 0 Å². The number of nitrogens with two attached hydrogens (primary N) is 1. The van der Waals surface area contributed by atoms with E-state index in [0.717, 1.165) is 22.4 Å². The van der Waals surface area contributed by atoms with Crippen LogP contribution in [0, 0.1) is 17.5 Å². The van der Waals surface area contributed by atoms with Gasteiger partial charge in [0.1, 0.15) is 17.7 Å². The summed E-state index contributed by atoms with van der Waals surface area (Å²) < 4.78 is 55.5. The lowest BCUT2D eigenvalue weighted by Gasteiger charge is -2.49. The van der Waals surface area contributed by atoms with E-state index in [1.807, 2.05) is 36.4 Å². The molecule has 3 N–H and O–H groups in total. The zero-order chi connectivity index (χ0) is 20.9. The highest BCUT2D eigenvalue weighted by Gasteiger charge is 2.54. The number of fused-ring (bicyclic) bond motifs is 3. The molecule has 4 nitrogen and oxygen atoms in total. The predicted octanol–water partition coefficient (Wildman–Crippen LogP) is 3.40. The Hall–Kier alpha value is -2.61. The molecule has 0 spiro atoms. The van der Waals surface area contributed by atoms with Crippen molar-refractivity contribution in [1.82, 2.24) is 5.32 Å². The monoisotopic (exact) mass is 414 g/mol. The first-order chi connectivity index (χ1) is 14.5. The van der Waals surface area contributed by atoms with Gasteiger partial charge in [-0.3, -0.25) is 0 Å². The van der Waals surface area contributed by atoms with Crippen LogP contribution in [0.4, 0.5) is 13.2 Å². The Morgan fingerprint density at radius 1 is 1.00 bits per heavy atom. The van der Waals surface area contributed by atoms with Crippen LogP contribution in [0.2, 0.25) is 0 Å². The van der Waals surface area contributed by atoms with Crippen LogP contribution < -0.4 is 15.8 Å². The summed E-state index contributed by atoms with van der Waals surface area (Å²) in [5.74, 6) is -2.77. The van der Waals surface area contributed by atoms with E-state index in [9.17, 15) is 8.78 Å². The molecular weight excluding hydrogens is 393 g/mol. The highest BCUT2D eigenvalue weighted by atomic mass is 19.2. The first-order valence-corrected chi connectivity index (χ1v) is 9.93. The summed E-state index contributed by atoms with van der Waals surface area (Å²) in [6, 6.07) is 12.2. The maximum Gasteiger partial charge on any atom is 0.179 e. The van der Waals surface area contributed by atoms with Gasteiger partial charge in [0.15, 0.2) is 17.2 Å². The van der Waals surface area contributed by atoms with Crippen molar-refractivity contribution in [3.8, 4) is 5.75 Å². The van der Waals surface area contributed by atoms with Crippen LogP contribution in [0.15, 0.2) is 48.5 Å². The number of hydrogen-bond donors (Lipinski definition) is 2. The standard InChI is InChI=1S/C23H21F3N2O2/c24-17-11-19(26)18(25)10-16(17)23(21-12-28-7-8-29-21)20(27)9-14-6-5-13-3-1-2-4-15(13)22(14)30-23/h1-6,10-11,20-21,28H,7-9,12,27H2.